The smallest absolute Gasteiger partial charge is 0.225 e. The normalized spacial score (nSPS) is 16.4. The average Bonchev–Trinajstić information content (AvgIpc) is 3.13. The average molecular weight is 361 g/mol. The molecule has 0 saturated carbocycles. The lowest BCUT2D eigenvalue weighted by Gasteiger charge is -2.35. The van der Waals surface area contributed by atoms with Gasteiger partial charge in [-0.1, -0.05) is 44.2 Å². The van der Waals surface area contributed by atoms with E-state index < -0.39 is 0 Å². The predicted molar refractivity (Wildman–Crippen MR) is 103 cm³/mol. The standard InChI is InChI=1S/C21H23N5O/c1-14(2)21(27)26-12-16-9-22-20(17-10-23-25(3)11-17)24-19(16)18(13-26)15-7-5-4-6-8-15/h4-11,14,18H,12-13H2,1-3H3/t18-/m0/s1. The van der Waals surface area contributed by atoms with Crippen LogP contribution in [0.2, 0.25) is 0 Å². The van der Waals surface area contributed by atoms with Crippen LogP contribution in [0.15, 0.2) is 48.9 Å². The number of rotatable bonds is 3. The maximum atomic E-state index is 12.6. The quantitative estimate of drug-likeness (QED) is 0.719. The van der Waals surface area contributed by atoms with Gasteiger partial charge in [-0.05, 0) is 5.56 Å². The summed E-state index contributed by atoms with van der Waals surface area (Å²) in [5, 5.41) is 4.22. The minimum absolute atomic E-state index is 0.0291. The van der Waals surface area contributed by atoms with Crippen molar-refractivity contribution in [1.29, 1.82) is 0 Å². The molecule has 1 aromatic carbocycles. The van der Waals surface area contributed by atoms with Gasteiger partial charge in [-0.15, -0.1) is 0 Å². The van der Waals surface area contributed by atoms with Crippen LogP contribution in [0.1, 0.15) is 36.6 Å². The van der Waals surface area contributed by atoms with Crippen molar-refractivity contribution in [3.8, 4) is 11.4 Å². The first-order valence-electron chi connectivity index (χ1n) is 9.21. The maximum Gasteiger partial charge on any atom is 0.225 e. The summed E-state index contributed by atoms with van der Waals surface area (Å²) in [5.74, 6) is 0.846. The predicted octanol–water partition coefficient (Wildman–Crippen LogP) is 3.01. The van der Waals surface area contributed by atoms with Crippen LogP contribution in [0.3, 0.4) is 0 Å². The van der Waals surface area contributed by atoms with Crippen molar-refractivity contribution in [3.63, 3.8) is 0 Å². The highest BCUT2D eigenvalue weighted by Crippen LogP contribution is 2.33. The number of carbonyl (C=O) groups is 1. The fraction of sp³-hybridized carbons (Fsp3) is 0.333. The summed E-state index contributed by atoms with van der Waals surface area (Å²) in [6.45, 7) is 5.08. The van der Waals surface area contributed by atoms with Gasteiger partial charge in [-0.2, -0.15) is 5.10 Å². The fourth-order valence-electron chi connectivity index (χ4n) is 3.58. The molecule has 1 aliphatic rings. The Morgan fingerprint density at radius 3 is 2.63 bits per heavy atom. The Morgan fingerprint density at radius 1 is 1.19 bits per heavy atom. The van der Waals surface area contributed by atoms with Gasteiger partial charge in [0.1, 0.15) is 0 Å². The molecule has 1 amide bonds. The van der Waals surface area contributed by atoms with Gasteiger partial charge < -0.3 is 4.90 Å². The fourth-order valence-corrected chi connectivity index (χ4v) is 3.58. The largest absolute Gasteiger partial charge is 0.337 e. The number of hydrogen-bond donors (Lipinski definition) is 0. The lowest BCUT2D eigenvalue weighted by molar-refractivity contribution is -0.135. The van der Waals surface area contributed by atoms with Gasteiger partial charge in [0.15, 0.2) is 5.82 Å². The Labute approximate surface area is 158 Å². The zero-order chi connectivity index (χ0) is 19.0. The first-order valence-corrected chi connectivity index (χ1v) is 9.21. The summed E-state index contributed by atoms with van der Waals surface area (Å²) in [4.78, 5) is 24.0. The number of amides is 1. The lowest BCUT2D eigenvalue weighted by atomic mass is 9.88. The van der Waals surface area contributed by atoms with Crippen LogP contribution in [-0.4, -0.2) is 37.1 Å². The van der Waals surface area contributed by atoms with Crippen molar-refractivity contribution in [2.75, 3.05) is 6.54 Å². The number of carbonyl (C=O) groups excluding carboxylic acids is 1. The number of hydrogen-bond acceptors (Lipinski definition) is 4. The van der Waals surface area contributed by atoms with E-state index in [-0.39, 0.29) is 17.7 Å². The van der Waals surface area contributed by atoms with Gasteiger partial charge in [0, 0.05) is 49.9 Å². The first kappa shape index (κ1) is 17.4. The minimum Gasteiger partial charge on any atom is -0.337 e. The van der Waals surface area contributed by atoms with E-state index in [2.05, 4.69) is 22.2 Å². The molecule has 4 rings (SSSR count). The Balaban J connectivity index is 1.79. The van der Waals surface area contributed by atoms with Crippen LogP contribution in [0.5, 0.6) is 0 Å². The molecule has 3 heterocycles. The van der Waals surface area contributed by atoms with Crippen LogP contribution < -0.4 is 0 Å². The van der Waals surface area contributed by atoms with Gasteiger partial charge in [0.2, 0.25) is 5.91 Å². The molecule has 6 heteroatoms. The molecule has 0 aliphatic carbocycles. The molecule has 0 spiro atoms. The number of nitrogens with zero attached hydrogens (tertiary/aromatic N) is 5. The minimum atomic E-state index is -0.0291. The molecule has 0 N–H and O–H groups in total. The number of aromatic nitrogens is 4. The Morgan fingerprint density at radius 2 is 1.96 bits per heavy atom. The van der Waals surface area contributed by atoms with E-state index in [0.717, 1.165) is 22.4 Å². The lowest BCUT2D eigenvalue weighted by Crippen LogP contribution is -2.41. The molecular weight excluding hydrogens is 338 g/mol. The molecule has 0 bridgehead atoms. The molecule has 1 aliphatic heterocycles. The molecule has 3 aromatic rings. The summed E-state index contributed by atoms with van der Waals surface area (Å²) in [6, 6.07) is 10.3. The van der Waals surface area contributed by atoms with E-state index in [1.165, 1.54) is 0 Å². The van der Waals surface area contributed by atoms with Crippen LogP contribution in [0.4, 0.5) is 0 Å². The van der Waals surface area contributed by atoms with Gasteiger partial charge in [0.25, 0.3) is 0 Å². The van der Waals surface area contributed by atoms with E-state index >= 15 is 0 Å². The van der Waals surface area contributed by atoms with E-state index in [4.69, 9.17) is 4.98 Å². The highest BCUT2D eigenvalue weighted by atomic mass is 16.2. The third-order valence-corrected chi connectivity index (χ3v) is 4.96. The van der Waals surface area contributed by atoms with Crippen LogP contribution in [-0.2, 0) is 18.4 Å². The Hall–Kier alpha value is -3.02. The number of benzene rings is 1. The maximum absolute atomic E-state index is 12.6. The summed E-state index contributed by atoms with van der Waals surface area (Å²) in [7, 11) is 1.88. The van der Waals surface area contributed by atoms with E-state index in [1.807, 2.05) is 56.4 Å². The highest BCUT2D eigenvalue weighted by molar-refractivity contribution is 5.78. The molecule has 0 fully saturated rings. The van der Waals surface area contributed by atoms with E-state index in [9.17, 15) is 4.79 Å². The summed E-state index contributed by atoms with van der Waals surface area (Å²) in [5.41, 5.74) is 4.07. The van der Waals surface area contributed by atoms with Crippen LogP contribution in [0, 0.1) is 5.92 Å². The van der Waals surface area contributed by atoms with E-state index in [1.54, 1.807) is 10.9 Å². The second-order valence-corrected chi connectivity index (χ2v) is 7.34. The molecular formula is C21H23N5O. The Bertz CT molecular complexity index is 964. The summed E-state index contributed by atoms with van der Waals surface area (Å²) in [6.07, 6.45) is 5.55. The van der Waals surface area contributed by atoms with E-state index in [0.29, 0.717) is 18.9 Å². The molecule has 2 aromatic heterocycles. The number of aryl methyl sites for hydroxylation is 1. The highest BCUT2D eigenvalue weighted by Gasteiger charge is 2.32. The molecule has 0 radical (unpaired) electrons. The van der Waals surface area contributed by atoms with Crippen molar-refractivity contribution >= 4 is 5.91 Å². The zero-order valence-corrected chi connectivity index (χ0v) is 15.8. The van der Waals surface area contributed by atoms with Crippen molar-refractivity contribution in [1.82, 2.24) is 24.6 Å². The topological polar surface area (TPSA) is 63.9 Å². The van der Waals surface area contributed by atoms with Crippen molar-refractivity contribution in [3.05, 3.63) is 65.7 Å². The van der Waals surface area contributed by atoms with Gasteiger partial charge >= 0.3 is 0 Å². The van der Waals surface area contributed by atoms with Crippen LogP contribution >= 0.6 is 0 Å². The monoisotopic (exact) mass is 361 g/mol. The van der Waals surface area contributed by atoms with Crippen LogP contribution in [0.25, 0.3) is 11.4 Å². The molecule has 1 atom stereocenters. The SMILES string of the molecule is CC(C)C(=O)N1Cc2cnc(-c3cnn(C)c3)nc2[C@H](c2ccccc2)C1. The van der Waals surface area contributed by atoms with Gasteiger partial charge in [0.05, 0.1) is 17.5 Å². The first-order chi connectivity index (χ1) is 13.0. The van der Waals surface area contributed by atoms with Crippen molar-refractivity contribution < 1.29 is 4.79 Å². The molecule has 27 heavy (non-hydrogen) atoms. The van der Waals surface area contributed by atoms with Gasteiger partial charge in [-0.25, -0.2) is 9.97 Å². The third kappa shape index (κ3) is 3.35. The molecule has 0 saturated heterocycles. The van der Waals surface area contributed by atoms with Crippen molar-refractivity contribution in [2.45, 2.75) is 26.3 Å². The summed E-state index contributed by atoms with van der Waals surface area (Å²) < 4.78 is 1.75. The molecule has 0 unspecified atom stereocenters. The second-order valence-electron chi connectivity index (χ2n) is 7.34. The second kappa shape index (κ2) is 6.95. The number of fused-ring (bicyclic) bond motifs is 1. The molecule has 6 nitrogen and oxygen atoms in total. The van der Waals surface area contributed by atoms with Crippen molar-refractivity contribution in [2.24, 2.45) is 13.0 Å². The molecule has 138 valence electrons. The van der Waals surface area contributed by atoms with Gasteiger partial charge in [-0.3, -0.25) is 9.48 Å². The third-order valence-electron chi connectivity index (χ3n) is 4.96. The summed E-state index contributed by atoms with van der Waals surface area (Å²) >= 11 is 0. The zero-order valence-electron chi connectivity index (χ0n) is 15.8. The Kier molecular flexibility index (Phi) is 4.48.